The lowest BCUT2D eigenvalue weighted by Crippen LogP contribution is -2.48. The maximum absolute atomic E-state index is 5.61. The summed E-state index contributed by atoms with van der Waals surface area (Å²) in [6.45, 7) is 11.0. The van der Waals surface area contributed by atoms with Gasteiger partial charge in [-0.3, -0.25) is 4.90 Å². The molecular formula is C25H37N5S. The van der Waals surface area contributed by atoms with Crippen LogP contribution in [0.3, 0.4) is 0 Å². The predicted molar refractivity (Wildman–Crippen MR) is 135 cm³/mol. The van der Waals surface area contributed by atoms with E-state index in [2.05, 4.69) is 46.3 Å². The molecule has 0 saturated carbocycles. The zero-order valence-electron chi connectivity index (χ0n) is 18.9. The molecule has 0 bridgehead atoms. The Morgan fingerprint density at radius 3 is 2.68 bits per heavy atom. The first-order valence-electron chi connectivity index (χ1n) is 11.9. The number of benzene rings is 1. The lowest BCUT2D eigenvalue weighted by molar-refractivity contribution is 0.196. The van der Waals surface area contributed by atoms with Crippen LogP contribution in [0, 0.1) is 12.8 Å². The molecule has 4 rings (SSSR count). The first-order chi connectivity index (χ1) is 15.1. The van der Waals surface area contributed by atoms with Gasteiger partial charge in [0.2, 0.25) is 0 Å². The van der Waals surface area contributed by atoms with E-state index in [1.54, 1.807) is 0 Å². The van der Waals surface area contributed by atoms with Crippen molar-refractivity contribution < 1.29 is 0 Å². The molecule has 0 spiro atoms. The minimum atomic E-state index is 0.704. The van der Waals surface area contributed by atoms with Gasteiger partial charge in [0.05, 0.1) is 5.52 Å². The Morgan fingerprint density at radius 1 is 1.16 bits per heavy atom. The van der Waals surface area contributed by atoms with Crippen molar-refractivity contribution in [1.29, 1.82) is 0 Å². The Kier molecular flexibility index (Phi) is 7.88. The lowest BCUT2D eigenvalue weighted by Gasteiger charge is -2.38. The van der Waals surface area contributed by atoms with Crippen LogP contribution in [0.2, 0.25) is 0 Å². The largest absolute Gasteiger partial charge is 0.354 e. The highest BCUT2D eigenvalue weighted by Crippen LogP contribution is 2.25. The second-order valence-electron chi connectivity index (χ2n) is 9.24. The molecule has 2 aliphatic heterocycles. The second-order valence-corrected chi connectivity index (χ2v) is 9.81. The maximum atomic E-state index is 5.61. The van der Waals surface area contributed by atoms with Gasteiger partial charge in [-0.15, -0.1) is 0 Å². The second kappa shape index (κ2) is 10.8. The van der Waals surface area contributed by atoms with Crippen LogP contribution in [0.1, 0.15) is 36.8 Å². The van der Waals surface area contributed by atoms with Gasteiger partial charge in [-0.25, -0.2) is 4.98 Å². The molecule has 3 heterocycles. The number of piperazine rings is 1. The molecule has 2 fully saturated rings. The summed E-state index contributed by atoms with van der Waals surface area (Å²) in [7, 11) is 0. The Bertz CT molecular complexity index is 885. The lowest BCUT2D eigenvalue weighted by atomic mass is 9.97. The number of hydrogen-bond donors (Lipinski definition) is 2. The van der Waals surface area contributed by atoms with E-state index in [9.17, 15) is 0 Å². The number of nitrogens with zero attached hydrogens (tertiary/aromatic N) is 3. The molecule has 0 aliphatic carbocycles. The minimum Gasteiger partial charge on any atom is -0.354 e. The number of nitrogens with one attached hydrogen (secondary N) is 1. The third-order valence-corrected chi connectivity index (χ3v) is 7.15. The fraction of sp³-hybridized carbons (Fsp3) is 0.600. The molecule has 6 heteroatoms. The normalized spacial score (nSPS) is 18.6. The average molecular weight is 440 g/mol. The van der Waals surface area contributed by atoms with Gasteiger partial charge < -0.3 is 16.0 Å². The summed E-state index contributed by atoms with van der Waals surface area (Å²) in [5, 5.41) is 4.72. The number of rotatable bonds is 8. The number of aromatic nitrogens is 1. The maximum Gasteiger partial charge on any atom is 0.129 e. The number of piperidine rings is 1. The van der Waals surface area contributed by atoms with Crippen molar-refractivity contribution >= 4 is 33.8 Å². The highest BCUT2D eigenvalue weighted by Gasteiger charge is 2.22. The fourth-order valence-corrected chi connectivity index (χ4v) is 5.21. The van der Waals surface area contributed by atoms with Crippen molar-refractivity contribution in [2.24, 2.45) is 11.7 Å². The van der Waals surface area contributed by atoms with Crippen LogP contribution in [0.25, 0.3) is 10.9 Å². The van der Waals surface area contributed by atoms with Crippen molar-refractivity contribution in [1.82, 2.24) is 15.2 Å². The van der Waals surface area contributed by atoms with Crippen LogP contribution < -0.4 is 16.0 Å². The van der Waals surface area contributed by atoms with E-state index < -0.39 is 0 Å². The Balaban J connectivity index is 1.38. The van der Waals surface area contributed by atoms with Gasteiger partial charge in [0, 0.05) is 44.5 Å². The summed E-state index contributed by atoms with van der Waals surface area (Å²) in [4.78, 5) is 11.2. The Hall–Kier alpha value is -1.60. The predicted octanol–water partition coefficient (Wildman–Crippen LogP) is 3.32. The van der Waals surface area contributed by atoms with Gasteiger partial charge in [-0.05, 0) is 92.3 Å². The number of nitrogens with two attached hydrogens (primary N) is 1. The number of hydrogen-bond acceptors (Lipinski definition) is 6. The van der Waals surface area contributed by atoms with E-state index in [0.29, 0.717) is 6.54 Å². The summed E-state index contributed by atoms with van der Waals surface area (Å²) in [5.74, 6) is 1.99. The van der Waals surface area contributed by atoms with Crippen LogP contribution >= 0.6 is 12.2 Å². The van der Waals surface area contributed by atoms with Crippen LogP contribution in [-0.2, 0) is 6.42 Å². The van der Waals surface area contributed by atoms with E-state index in [1.165, 1.54) is 49.0 Å². The molecule has 31 heavy (non-hydrogen) atoms. The Labute approximate surface area is 192 Å². The van der Waals surface area contributed by atoms with Crippen molar-refractivity contribution in [3.05, 3.63) is 35.4 Å². The summed E-state index contributed by atoms with van der Waals surface area (Å²) >= 11 is 5.54. The highest BCUT2D eigenvalue weighted by molar-refractivity contribution is 7.80. The average Bonchev–Trinajstić information content (AvgIpc) is 2.79. The summed E-state index contributed by atoms with van der Waals surface area (Å²) < 4.78 is 0. The topological polar surface area (TPSA) is 57.4 Å². The third-order valence-electron chi connectivity index (χ3n) is 6.80. The molecule has 3 N–H and O–H groups in total. The number of fused-ring (bicyclic) bond motifs is 1. The minimum absolute atomic E-state index is 0.704. The van der Waals surface area contributed by atoms with Gasteiger partial charge >= 0.3 is 0 Å². The van der Waals surface area contributed by atoms with Gasteiger partial charge in [0.1, 0.15) is 5.82 Å². The third kappa shape index (κ3) is 6.01. The molecule has 2 aliphatic rings. The van der Waals surface area contributed by atoms with Crippen LogP contribution in [-0.4, -0.2) is 67.1 Å². The molecular weight excluding hydrogens is 402 g/mol. The van der Waals surface area contributed by atoms with Crippen LogP contribution in [0.5, 0.6) is 0 Å². The van der Waals surface area contributed by atoms with E-state index in [1.807, 2.05) is 0 Å². The molecule has 168 valence electrons. The van der Waals surface area contributed by atoms with Crippen LogP contribution in [0.15, 0.2) is 24.3 Å². The molecule has 2 saturated heterocycles. The van der Waals surface area contributed by atoms with Gasteiger partial charge in [-0.2, -0.15) is 0 Å². The monoisotopic (exact) mass is 439 g/mol. The molecule has 1 aromatic heterocycles. The highest BCUT2D eigenvalue weighted by atomic mass is 32.1. The van der Waals surface area contributed by atoms with Gasteiger partial charge in [0.25, 0.3) is 0 Å². The standard InChI is InChI=1S/C25H37N5S/c1-19-15-25(30-13-11-29(12-14-30)18-20-6-9-27-10-7-20)28-24-5-4-21(17-23(19)24)16-22(31)3-2-8-26/h4-5,15,17,20,27H,2-3,6-14,16,18,26H2,1H3. The molecule has 0 unspecified atom stereocenters. The summed E-state index contributed by atoms with van der Waals surface area (Å²) in [6.07, 6.45) is 5.41. The quantitative estimate of drug-likeness (QED) is 0.616. The van der Waals surface area contributed by atoms with Crippen molar-refractivity contribution in [2.45, 2.75) is 39.0 Å². The zero-order valence-corrected chi connectivity index (χ0v) is 19.7. The molecule has 1 aromatic carbocycles. The summed E-state index contributed by atoms with van der Waals surface area (Å²) in [5.41, 5.74) is 9.27. The van der Waals surface area contributed by atoms with E-state index >= 15 is 0 Å². The Morgan fingerprint density at radius 2 is 1.94 bits per heavy atom. The number of aryl methyl sites for hydroxylation is 1. The number of anilines is 1. The van der Waals surface area contributed by atoms with E-state index in [0.717, 1.165) is 67.6 Å². The van der Waals surface area contributed by atoms with Gasteiger partial charge in [0.15, 0.2) is 0 Å². The molecule has 0 atom stereocenters. The smallest absolute Gasteiger partial charge is 0.129 e. The van der Waals surface area contributed by atoms with Gasteiger partial charge in [-0.1, -0.05) is 18.3 Å². The first-order valence-corrected chi connectivity index (χ1v) is 12.3. The SMILES string of the molecule is Cc1cc(N2CCN(CC3CCNCC3)CC2)nc2ccc(CC(=S)CCCN)cc12. The molecule has 0 radical (unpaired) electrons. The van der Waals surface area contributed by atoms with Crippen molar-refractivity contribution in [3.8, 4) is 0 Å². The van der Waals surface area contributed by atoms with E-state index in [4.69, 9.17) is 22.9 Å². The molecule has 0 amide bonds. The van der Waals surface area contributed by atoms with E-state index in [-0.39, 0.29) is 0 Å². The molecule has 5 nitrogen and oxygen atoms in total. The number of thiocarbonyl (C=S) groups is 1. The molecule has 2 aromatic rings. The number of pyridine rings is 1. The van der Waals surface area contributed by atoms with Crippen molar-refractivity contribution in [2.75, 3.05) is 57.3 Å². The zero-order chi connectivity index (χ0) is 21.6. The fourth-order valence-electron chi connectivity index (χ4n) is 4.90. The van der Waals surface area contributed by atoms with Crippen LogP contribution in [0.4, 0.5) is 5.82 Å². The summed E-state index contributed by atoms with van der Waals surface area (Å²) in [6, 6.07) is 8.89. The van der Waals surface area contributed by atoms with Crippen molar-refractivity contribution in [3.63, 3.8) is 0 Å². The first kappa shape index (κ1) is 22.6.